The van der Waals surface area contributed by atoms with Crippen LogP contribution >= 0.6 is 0 Å². The zero-order valence-corrected chi connectivity index (χ0v) is 13.5. The van der Waals surface area contributed by atoms with Crippen LogP contribution in [0, 0.1) is 11.7 Å². The number of hydrogen-bond donors (Lipinski definition) is 1. The zero-order valence-electron chi connectivity index (χ0n) is 13.5. The summed E-state index contributed by atoms with van der Waals surface area (Å²) in [5.41, 5.74) is 1.02. The van der Waals surface area contributed by atoms with Gasteiger partial charge in [-0.05, 0) is 36.6 Å². The van der Waals surface area contributed by atoms with Crippen molar-refractivity contribution in [3.05, 3.63) is 47.9 Å². The Morgan fingerprint density at radius 3 is 2.45 bits per heavy atom. The molecule has 0 aliphatic heterocycles. The molecule has 4 nitrogen and oxygen atoms in total. The number of benzene rings is 1. The van der Waals surface area contributed by atoms with Gasteiger partial charge >= 0.3 is 0 Å². The van der Waals surface area contributed by atoms with Gasteiger partial charge in [-0.15, -0.1) is 0 Å². The largest absolute Gasteiger partial charge is 0.370 e. The van der Waals surface area contributed by atoms with Crippen LogP contribution in [-0.4, -0.2) is 23.6 Å². The molecule has 0 fully saturated rings. The van der Waals surface area contributed by atoms with Crippen LogP contribution in [0.25, 0.3) is 0 Å². The lowest BCUT2D eigenvalue weighted by atomic mass is 10.1. The van der Waals surface area contributed by atoms with Gasteiger partial charge in [0.05, 0.1) is 6.04 Å². The van der Waals surface area contributed by atoms with Crippen molar-refractivity contribution < 1.29 is 4.39 Å². The number of nitrogens with one attached hydrogen (secondary N) is 1. The average Bonchev–Trinajstić information content (AvgIpc) is 2.52. The number of hydrogen-bond acceptors (Lipinski definition) is 4. The maximum absolute atomic E-state index is 13.0. The lowest BCUT2D eigenvalue weighted by Gasteiger charge is -2.25. The molecule has 1 atom stereocenters. The Hall–Kier alpha value is -2.17. The van der Waals surface area contributed by atoms with Crippen molar-refractivity contribution in [3.8, 4) is 0 Å². The van der Waals surface area contributed by atoms with Gasteiger partial charge in [0, 0.05) is 19.8 Å². The standard InChI is InChI=1S/C17H23FN4/c1-12(2)11-20-16-9-10-19-17(21-16)22(4)13(3)14-5-7-15(18)8-6-14/h5-10,12-13H,11H2,1-4H3,(H,19,20,21). The highest BCUT2D eigenvalue weighted by molar-refractivity contribution is 5.42. The number of aromatic nitrogens is 2. The fraction of sp³-hybridized carbons (Fsp3) is 0.412. The molecule has 5 heteroatoms. The molecule has 22 heavy (non-hydrogen) atoms. The first-order chi connectivity index (χ1) is 10.5. The first-order valence-corrected chi connectivity index (χ1v) is 7.52. The Bertz CT molecular complexity index is 598. The van der Waals surface area contributed by atoms with Crippen molar-refractivity contribution in [1.29, 1.82) is 0 Å². The van der Waals surface area contributed by atoms with Gasteiger partial charge in [0.1, 0.15) is 11.6 Å². The lowest BCUT2D eigenvalue weighted by Crippen LogP contribution is -2.24. The molecule has 1 heterocycles. The molecule has 2 rings (SSSR count). The van der Waals surface area contributed by atoms with Crippen molar-refractivity contribution in [2.24, 2.45) is 5.92 Å². The van der Waals surface area contributed by atoms with Crippen molar-refractivity contribution in [3.63, 3.8) is 0 Å². The van der Waals surface area contributed by atoms with Crippen LogP contribution in [0.1, 0.15) is 32.4 Å². The molecule has 0 aliphatic carbocycles. The third-order valence-electron chi connectivity index (χ3n) is 3.58. The predicted octanol–water partition coefficient (Wildman–Crippen LogP) is 3.88. The molecule has 0 amide bonds. The number of halogens is 1. The van der Waals surface area contributed by atoms with Crippen molar-refractivity contribution in [1.82, 2.24) is 9.97 Å². The maximum Gasteiger partial charge on any atom is 0.227 e. The fourth-order valence-corrected chi connectivity index (χ4v) is 2.06. The van der Waals surface area contributed by atoms with Gasteiger partial charge in [-0.25, -0.2) is 9.37 Å². The second-order valence-corrected chi connectivity index (χ2v) is 5.86. The Morgan fingerprint density at radius 1 is 1.14 bits per heavy atom. The second kappa shape index (κ2) is 7.20. The highest BCUT2D eigenvalue weighted by Crippen LogP contribution is 2.23. The van der Waals surface area contributed by atoms with E-state index in [2.05, 4.69) is 29.1 Å². The van der Waals surface area contributed by atoms with E-state index < -0.39 is 0 Å². The first-order valence-electron chi connectivity index (χ1n) is 7.52. The summed E-state index contributed by atoms with van der Waals surface area (Å²) < 4.78 is 13.0. The van der Waals surface area contributed by atoms with E-state index in [0.717, 1.165) is 17.9 Å². The topological polar surface area (TPSA) is 41.1 Å². The van der Waals surface area contributed by atoms with Gasteiger partial charge in [0.2, 0.25) is 5.95 Å². The number of rotatable bonds is 6. The van der Waals surface area contributed by atoms with E-state index in [9.17, 15) is 4.39 Å². The van der Waals surface area contributed by atoms with Gasteiger partial charge in [-0.2, -0.15) is 4.98 Å². The second-order valence-electron chi connectivity index (χ2n) is 5.86. The van der Waals surface area contributed by atoms with Gasteiger partial charge in [-0.3, -0.25) is 0 Å². The molecule has 0 saturated carbocycles. The Labute approximate surface area is 131 Å². The highest BCUT2D eigenvalue weighted by atomic mass is 19.1. The minimum absolute atomic E-state index is 0.0564. The first kappa shape index (κ1) is 16.2. The third kappa shape index (κ3) is 4.16. The van der Waals surface area contributed by atoms with Crippen LogP contribution in [0.3, 0.4) is 0 Å². The smallest absolute Gasteiger partial charge is 0.227 e. The average molecular weight is 302 g/mol. The summed E-state index contributed by atoms with van der Waals surface area (Å²) in [4.78, 5) is 10.8. The molecule has 0 spiro atoms. The maximum atomic E-state index is 13.0. The Balaban J connectivity index is 2.12. The van der Waals surface area contributed by atoms with Crippen LogP contribution in [0.5, 0.6) is 0 Å². The molecule has 118 valence electrons. The Kier molecular flexibility index (Phi) is 5.31. The molecule has 1 unspecified atom stereocenters. The van der Waals surface area contributed by atoms with Crippen molar-refractivity contribution >= 4 is 11.8 Å². The minimum atomic E-state index is -0.227. The van der Waals surface area contributed by atoms with E-state index >= 15 is 0 Å². The van der Waals surface area contributed by atoms with Gasteiger partial charge in [-0.1, -0.05) is 26.0 Å². The van der Waals surface area contributed by atoms with Crippen LogP contribution in [0.2, 0.25) is 0 Å². The summed E-state index contributed by atoms with van der Waals surface area (Å²) in [6.45, 7) is 7.22. The third-order valence-corrected chi connectivity index (χ3v) is 3.58. The van der Waals surface area contributed by atoms with Crippen molar-refractivity contribution in [2.75, 3.05) is 23.8 Å². The van der Waals surface area contributed by atoms with E-state index in [-0.39, 0.29) is 11.9 Å². The van der Waals surface area contributed by atoms with E-state index in [0.29, 0.717) is 11.9 Å². The molecule has 2 aromatic rings. The molecule has 0 radical (unpaired) electrons. The summed E-state index contributed by atoms with van der Waals surface area (Å²) in [6, 6.07) is 8.44. The van der Waals surface area contributed by atoms with Crippen molar-refractivity contribution in [2.45, 2.75) is 26.8 Å². The van der Waals surface area contributed by atoms with E-state index in [4.69, 9.17) is 0 Å². The predicted molar refractivity (Wildman–Crippen MR) is 88.6 cm³/mol. The minimum Gasteiger partial charge on any atom is -0.370 e. The molecule has 1 N–H and O–H groups in total. The fourth-order valence-electron chi connectivity index (χ4n) is 2.06. The summed E-state index contributed by atoms with van der Waals surface area (Å²) in [6.07, 6.45) is 1.75. The quantitative estimate of drug-likeness (QED) is 0.879. The van der Waals surface area contributed by atoms with Gasteiger partial charge in [0.15, 0.2) is 0 Å². The molecule has 0 aliphatic rings. The van der Waals surface area contributed by atoms with Crippen LogP contribution in [0.4, 0.5) is 16.2 Å². The van der Waals surface area contributed by atoms with Crippen LogP contribution in [-0.2, 0) is 0 Å². The molecular formula is C17H23FN4. The number of nitrogens with zero attached hydrogens (tertiary/aromatic N) is 3. The monoisotopic (exact) mass is 302 g/mol. The normalized spacial score (nSPS) is 12.3. The summed E-state index contributed by atoms with van der Waals surface area (Å²) in [7, 11) is 1.94. The van der Waals surface area contributed by atoms with E-state index in [1.807, 2.05) is 24.9 Å². The van der Waals surface area contributed by atoms with E-state index in [1.165, 1.54) is 12.1 Å². The molecular weight excluding hydrogens is 279 g/mol. The van der Waals surface area contributed by atoms with Gasteiger partial charge < -0.3 is 10.2 Å². The van der Waals surface area contributed by atoms with Crippen LogP contribution < -0.4 is 10.2 Å². The summed E-state index contributed by atoms with van der Waals surface area (Å²) in [5.74, 6) is 1.78. The van der Waals surface area contributed by atoms with E-state index in [1.54, 1.807) is 18.3 Å². The molecule has 1 aromatic carbocycles. The molecule has 1 aromatic heterocycles. The Morgan fingerprint density at radius 2 is 1.82 bits per heavy atom. The highest BCUT2D eigenvalue weighted by Gasteiger charge is 2.15. The molecule has 0 saturated heterocycles. The SMILES string of the molecule is CC(C)CNc1ccnc(N(C)C(C)c2ccc(F)cc2)n1. The van der Waals surface area contributed by atoms with Crippen LogP contribution in [0.15, 0.2) is 36.5 Å². The van der Waals surface area contributed by atoms with Gasteiger partial charge in [0.25, 0.3) is 0 Å². The number of anilines is 2. The lowest BCUT2D eigenvalue weighted by molar-refractivity contribution is 0.624. The zero-order chi connectivity index (χ0) is 16.1. The molecule has 0 bridgehead atoms. The summed E-state index contributed by atoms with van der Waals surface area (Å²) in [5, 5.41) is 3.30. The summed E-state index contributed by atoms with van der Waals surface area (Å²) >= 11 is 0.